The smallest absolute Gasteiger partial charge is 0.238 e. The third-order valence-electron chi connectivity index (χ3n) is 4.95. The van der Waals surface area contributed by atoms with E-state index in [0.717, 1.165) is 31.2 Å². The molecule has 124 valence electrons. The summed E-state index contributed by atoms with van der Waals surface area (Å²) in [7, 11) is 0. The Kier molecular flexibility index (Phi) is 3.88. The van der Waals surface area contributed by atoms with Gasteiger partial charge in [-0.2, -0.15) is 5.10 Å². The van der Waals surface area contributed by atoms with E-state index < -0.39 is 0 Å². The van der Waals surface area contributed by atoms with Crippen molar-refractivity contribution >= 4 is 29.2 Å². The van der Waals surface area contributed by atoms with Crippen LogP contribution in [0.5, 0.6) is 0 Å². The van der Waals surface area contributed by atoms with Crippen LogP contribution < -0.4 is 4.90 Å². The van der Waals surface area contributed by atoms with E-state index in [1.807, 2.05) is 24.3 Å². The molecular formula is C18H18ClN3O2. The number of anilines is 1. The zero-order valence-electron chi connectivity index (χ0n) is 13.2. The maximum absolute atomic E-state index is 12.6. The van der Waals surface area contributed by atoms with Crippen molar-refractivity contribution in [2.45, 2.75) is 32.2 Å². The minimum Gasteiger partial charge on any atom is -0.274 e. The first kappa shape index (κ1) is 15.4. The van der Waals surface area contributed by atoms with Gasteiger partial charge < -0.3 is 0 Å². The van der Waals surface area contributed by atoms with Crippen molar-refractivity contribution in [2.24, 2.45) is 11.8 Å². The number of aromatic nitrogens is 2. The minimum atomic E-state index is -0.146. The number of hydrogen-bond donors (Lipinski definition) is 0. The third-order valence-corrected chi connectivity index (χ3v) is 5.21. The molecule has 1 saturated carbocycles. The first-order chi connectivity index (χ1) is 11.6. The number of benzene rings is 1. The highest BCUT2D eigenvalue weighted by Gasteiger charge is 2.49. The molecule has 6 heteroatoms. The molecule has 0 radical (unpaired) electrons. The lowest BCUT2D eigenvalue weighted by molar-refractivity contribution is -0.122. The summed E-state index contributed by atoms with van der Waals surface area (Å²) in [6, 6.07) is 9.27. The number of nitrogens with zero attached hydrogens (tertiary/aromatic N) is 3. The van der Waals surface area contributed by atoms with Gasteiger partial charge in [0.2, 0.25) is 11.8 Å². The SMILES string of the molecule is O=C1[C@H]2CCCC[C@H]2C(=O)N1c1ccn(Cc2ccc(Cl)cc2)n1. The van der Waals surface area contributed by atoms with Crippen molar-refractivity contribution in [2.75, 3.05) is 4.90 Å². The summed E-state index contributed by atoms with van der Waals surface area (Å²) in [6.45, 7) is 0.570. The Morgan fingerprint density at radius 2 is 1.62 bits per heavy atom. The van der Waals surface area contributed by atoms with Gasteiger partial charge in [0.1, 0.15) is 0 Å². The summed E-state index contributed by atoms with van der Waals surface area (Å²) in [5, 5.41) is 5.13. The maximum Gasteiger partial charge on any atom is 0.238 e. The minimum absolute atomic E-state index is 0.0820. The molecule has 2 amide bonds. The van der Waals surface area contributed by atoms with Crippen LogP contribution in [-0.4, -0.2) is 21.6 Å². The molecule has 1 aliphatic heterocycles. The molecule has 0 bridgehead atoms. The van der Waals surface area contributed by atoms with Gasteiger partial charge in [-0.25, -0.2) is 4.90 Å². The summed E-state index contributed by atoms with van der Waals surface area (Å²) in [4.78, 5) is 26.5. The molecule has 2 heterocycles. The summed E-state index contributed by atoms with van der Waals surface area (Å²) < 4.78 is 1.74. The number of carbonyl (C=O) groups excluding carboxylic acids is 2. The second-order valence-electron chi connectivity index (χ2n) is 6.51. The number of rotatable bonds is 3. The van der Waals surface area contributed by atoms with Crippen LogP contribution in [0, 0.1) is 11.8 Å². The van der Waals surface area contributed by atoms with E-state index in [1.54, 1.807) is 16.9 Å². The van der Waals surface area contributed by atoms with Crippen LogP contribution in [-0.2, 0) is 16.1 Å². The van der Waals surface area contributed by atoms with Crippen molar-refractivity contribution in [1.29, 1.82) is 0 Å². The van der Waals surface area contributed by atoms with Gasteiger partial charge in [-0.05, 0) is 30.5 Å². The molecule has 0 spiro atoms. The molecule has 24 heavy (non-hydrogen) atoms. The Bertz CT molecular complexity index is 760. The van der Waals surface area contributed by atoms with Gasteiger partial charge >= 0.3 is 0 Å². The summed E-state index contributed by atoms with van der Waals surface area (Å²) in [5.41, 5.74) is 1.06. The summed E-state index contributed by atoms with van der Waals surface area (Å²) in [5.74, 6) is -0.0171. The quantitative estimate of drug-likeness (QED) is 0.804. The molecule has 1 aromatic heterocycles. The van der Waals surface area contributed by atoms with Crippen LogP contribution in [0.1, 0.15) is 31.2 Å². The third kappa shape index (κ3) is 2.63. The largest absolute Gasteiger partial charge is 0.274 e. The number of amides is 2. The lowest BCUT2D eigenvalue weighted by Gasteiger charge is -2.19. The molecule has 0 unspecified atom stereocenters. The number of imide groups is 1. The van der Waals surface area contributed by atoms with E-state index in [1.165, 1.54) is 4.90 Å². The van der Waals surface area contributed by atoms with E-state index in [2.05, 4.69) is 5.10 Å². The predicted molar refractivity (Wildman–Crippen MR) is 90.7 cm³/mol. The average molecular weight is 344 g/mol. The van der Waals surface area contributed by atoms with Gasteiger partial charge in [0, 0.05) is 17.3 Å². The highest BCUT2D eigenvalue weighted by molar-refractivity contribution is 6.30. The average Bonchev–Trinajstić information content (AvgIpc) is 3.14. The lowest BCUT2D eigenvalue weighted by atomic mass is 9.81. The van der Waals surface area contributed by atoms with E-state index in [0.29, 0.717) is 17.4 Å². The van der Waals surface area contributed by atoms with Crippen molar-refractivity contribution < 1.29 is 9.59 Å². The fourth-order valence-corrected chi connectivity index (χ4v) is 3.85. The maximum atomic E-state index is 12.6. The topological polar surface area (TPSA) is 55.2 Å². The molecule has 4 rings (SSSR count). The molecule has 2 atom stereocenters. The van der Waals surface area contributed by atoms with Gasteiger partial charge in [0.25, 0.3) is 0 Å². The molecule has 0 N–H and O–H groups in total. The fourth-order valence-electron chi connectivity index (χ4n) is 3.72. The Morgan fingerprint density at radius 3 is 2.25 bits per heavy atom. The second-order valence-corrected chi connectivity index (χ2v) is 6.94. The van der Waals surface area contributed by atoms with Gasteiger partial charge in [-0.15, -0.1) is 0 Å². The van der Waals surface area contributed by atoms with Gasteiger partial charge in [-0.1, -0.05) is 36.6 Å². The van der Waals surface area contributed by atoms with Crippen molar-refractivity contribution in [1.82, 2.24) is 9.78 Å². The molecule has 1 saturated heterocycles. The molecule has 2 aliphatic rings. The Morgan fingerprint density at radius 1 is 1.00 bits per heavy atom. The Hall–Kier alpha value is -2.14. The predicted octanol–water partition coefficient (Wildman–Crippen LogP) is 3.26. The van der Waals surface area contributed by atoms with E-state index in [9.17, 15) is 9.59 Å². The normalized spacial score (nSPS) is 23.6. The van der Waals surface area contributed by atoms with Gasteiger partial charge in [0.05, 0.1) is 18.4 Å². The highest BCUT2D eigenvalue weighted by Crippen LogP contribution is 2.39. The van der Waals surface area contributed by atoms with Crippen molar-refractivity contribution in [3.63, 3.8) is 0 Å². The van der Waals surface area contributed by atoms with Crippen LogP contribution in [0.15, 0.2) is 36.5 Å². The van der Waals surface area contributed by atoms with Crippen molar-refractivity contribution in [3.05, 3.63) is 47.1 Å². The zero-order valence-corrected chi connectivity index (χ0v) is 13.9. The van der Waals surface area contributed by atoms with E-state index in [-0.39, 0.29) is 23.7 Å². The van der Waals surface area contributed by atoms with Crippen LogP contribution in [0.4, 0.5) is 5.82 Å². The van der Waals surface area contributed by atoms with E-state index >= 15 is 0 Å². The Labute approximate surface area is 145 Å². The first-order valence-electron chi connectivity index (χ1n) is 8.29. The molecule has 2 aromatic rings. The van der Waals surface area contributed by atoms with Gasteiger partial charge in [0.15, 0.2) is 5.82 Å². The number of fused-ring (bicyclic) bond motifs is 1. The van der Waals surface area contributed by atoms with Crippen LogP contribution >= 0.6 is 11.6 Å². The molecule has 5 nitrogen and oxygen atoms in total. The van der Waals surface area contributed by atoms with Crippen molar-refractivity contribution in [3.8, 4) is 0 Å². The van der Waals surface area contributed by atoms with Crippen LogP contribution in [0.3, 0.4) is 0 Å². The molecular weight excluding hydrogens is 326 g/mol. The summed E-state index contributed by atoms with van der Waals surface area (Å²) >= 11 is 5.89. The monoisotopic (exact) mass is 343 g/mol. The zero-order chi connectivity index (χ0) is 16.7. The summed E-state index contributed by atoms with van der Waals surface area (Å²) in [6.07, 6.45) is 5.49. The second kappa shape index (κ2) is 6.06. The Balaban J connectivity index is 1.55. The molecule has 2 fully saturated rings. The highest BCUT2D eigenvalue weighted by atomic mass is 35.5. The first-order valence-corrected chi connectivity index (χ1v) is 8.67. The number of carbonyl (C=O) groups is 2. The van der Waals surface area contributed by atoms with Crippen LogP contribution in [0.2, 0.25) is 5.02 Å². The lowest BCUT2D eigenvalue weighted by Crippen LogP contribution is -2.31. The number of halogens is 1. The number of hydrogen-bond acceptors (Lipinski definition) is 3. The van der Waals surface area contributed by atoms with Crippen LogP contribution in [0.25, 0.3) is 0 Å². The van der Waals surface area contributed by atoms with Gasteiger partial charge in [-0.3, -0.25) is 14.3 Å². The molecule has 1 aromatic carbocycles. The fraction of sp³-hybridized carbons (Fsp3) is 0.389. The standard InChI is InChI=1S/C18H18ClN3O2/c19-13-7-5-12(6-8-13)11-21-10-9-16(20-21)22-17(23)14-3-1-2-4-15(14)18(22)24/h5-10,14-15H,1-4,11H2/t14-,15+. The molecule has 1 aliphatic carbocycles. The van der Waals surface area contributed by atoms with E-state index in [4.69, 9.17) is 11.6 Å².